The molecule has 0 radical (unpaired) electrons. The van der Waals surface area contributed by atoms with E-state index >= 15 is 0 Å². The van der Waals surface area contributed by atoms with Gasteiger partial charge >= 0.3 is 0 Å². The summed E-state index contributed by atoms with van der Waals surface area (Å²) < 4.78 is 5.74. The third kappa shape index (κ3) is 5.51. The van der Waals surface area contributed by atoms with Gasteiger partial charge in [0.05, 0.1) is 11.6 Å². The number of hydrogen-bond acceptors (Lipinski definition) is 3. The highest BCUT2D eigenvalue weighted by Crippen LogP contribution is 2.41. The van der Waals surface area contributed by atoms with Crippen LogP contribution in [0.25, 0.3) is 0 Å². The number of amides is 2. The van der Waals surface area contributed by atoms with Crippen LogP contribution in [0.15, 0.2) is 78.9 Å². The van der Waals surface area contributed by atoms with E-state index in [4.69, 9.17) is 4.74 Å². The molecule has 1 atom stereocenters. The summed E-state index contributed by atoms with van der Waals surface area (Å²) in [5.41, 5.74) is 3.39. The van der Waals surface area contributed by atoms with Gasteiger partial charge in [0.1, 0.15) is 5.75 Å². The van der Waals surface area contributed by atoms with Crippen LogP contribution in [0.2, 0.25) is 0 Å². The lowest BCUT2D eigenvalue weighted by Crippen LogP contribution is -2.34. The molecule has 2 amide bonds. The molecule has 1 fully saturated rings. The van der Waals surface area contributed by atoms with Crippen molar-refractivity contribution in [2.45, 2.75) is 25.8 Å². The highest BCUT2D eigenvalue weighted by Gasteiger charge is 2.33. The summed E-state index contributed by atoms with van der Waals surface area (Å²) in [6.45, 7) is 1.90. The molecule has 3 aromatic carbocycles. The van der Waals surface area contributed by atoms with E-state index in [0.717, 1.165) is 18.4 Å². The van der Waals surface area contributed by atoms with E-state index in [2.05, 4.69) is 34.9 Å². The largest absolute Gasteiger partial charge is 0.483 e. The van der Waals surface area contributed by atoms with Gasteiger partial charge < -0.3 is 15.4 Å². The van der Waals surface area contributed by atoms with Crippen molar-refractivity contribution in [3.05, 3.63) is 95.6 Å². The van der Waals surface area contributed by atoms with Crippen molar-refractivity contribution in [2.75, 3.05) is 11.9 Å². The number of rotatable bonds is 8. The predicted octanol–water partition coefficient (Wildman–Crippen LogP) is 4.89. The molecule has 158 valence electrons. The average Bonchev–Trinajstić information content (AvgIpc) is 3.63. The molecule has 1 aliphatic carbocycles. The van der Waals surface area contributed by atoms with Crippen molar-refractivity contribution < 1.29 is 14.3 Å². The summed E-state index contributed by atoms with van der Waals surface area (Å²) in [6, 6.07) is 24.4. The Morgan fingerprint density at radius 3 is 2.32 bits per heavy atom. The van der Waals surface area contributed by atoms with Crippen molar-refractivity contribution in [3.8, 4) is 5.75 Å². The van der Waals surface area contributed by atoms with Gasteiger partial charge in [-0.3, -0.25) is 9.59 Å². The minimum absolute atomic E-state index is 0.00618. The van der Waals surface area contributed by atoms with Crippen LogP contribution in [-0.2, 0) is 4.79 Å². The fourth-order valence-electron chi connectivity index (χ4n) is 3.54. The van der Waals surface area contributed by atoms with E-state index in [1.165, 1.54) is 5.56 Å². The number of carbonyl (C=O) groups excluding carboxylic acids is 2. The first-order valence-electron chi connectivity index (χ1n) is 10.5. The number of para-hydroxylation sites is 2. The summed E-state index contributed by atoms with van der Waals surface area (Å²) in [4.78, 5) is 25.3. The molecule has 0 saturated heterocycles. The predicted molar refractivity (Wildman–Crippen MR) is 121 cm³/mol. The second kappa shape index (κ2) is 9.47. The molecule has 2 N–H and O–H groups in total. The number of benzene rings is 3. The number of carbonyl (C=O) groups is 2. The SMILES string of the molecule is Cc1ccc(C(NC(=O)COc2ccccc2C(=O)Nc2ccccc2)C2CC2)cc1. The first-order valence-corrected chi connectivity index (χ1v) is 10.5. The van der Waals surface area contributed by atoms with E-state index in [1.54, 1.807) is 24.3 Å². The molecule has 0 aliphatic heterocycles. The number of anilines is 1. The van der Waals surface area contributed by atoms with Crippen LogP contribution in [0.5, 0.6) is 5.75 Å². The van der Waals surface area contributed by atoms with Crippen molar-refractivity contribution in [1.82, 2.24) is 5.32 Å². The van der Waals surface area contributed by atoms with Gasteiger partial charge in [-0.15, -0.1) is 0 Å². The molecule has 1 saturated carbocycles. The van der Waals surface area contributed by atoms with Crippen LogP contribution in [0.3, 0.4) is 0 Å². The number of ether oxygens (including phenoxy) is 1. The molecule has 0 spiro atoms. The van der Waals surface area contributed by atoms with Crippen molar-refractivity contribution >= 4 is 17.5 Å². The van der Waals surface area contributed by atoms with Crippen LogP contribution >= 0.6 is 0 Å². The number of nitrogens with one attached hydrogen (secondary N) is 2. The van der Waals surface area contributed by atoms with Crippen molar-refractivity contribution in [1.29, 1.82) is 0 Å². The van der Waals surface area contributed by atoms with E-state index in [1.807, 2.05) is 37.3 Å². The third-order valence-electron chi connectivity index (χ3n) is 5.37. The smallest absolute Gasteiger partial charge is 0.259 e. The third-order valence-corrected chi connectivity index (χ3v) is 5.37. The monoisotopic (exact) mass is 414 g/mol. The molecule has 3 aromatic rings. The normalized spacial score (nSPS) is 13.8. The van der Waals surface area contributed by atoms with Gasteiger partial charge in [0.15, 0.2) is 6.61 Å². The molecule has 0 bridgehead atoms. The van der Waals surface area contributed by atoms with Gasteiger partial charge in [0.25, 0.3) is 11.8 Å². The van der Waals surface area contributed by atoms with Crippen molar-refractivity contribution in [3.63, 3.8) is 0 Å². The van der Waals surface area contributed by atoms with Crippen LogP contribution in [0.1, 0.15) is 40.4 Å². The van der Waals surface area contributed by atoms with E-state index in [-0.39, 0.29) is 24.5 Å². The molecule has 4 rings (SSSR count). The molecule has 0 heterocycles. The molecule has 1 aliphatic rings. The Morgan fingerprint density at radius 2 is 1.61 bits per heavy atom. The summed E-state index contributed by atoms with van der Waals surface area (Å²) in [7, 11) is 0. The fourth-order valence-corrected chi connectivity index (χ4v) is 3.54. The molecule has 5 nitrogen and oxygen atoms in total. The maximum Gasteiger partial charge on any atom is 0.259 e. The Bertz CT molecular complexity index is 1040. The van der Waals surface area contributed by atoms with Gasteiger partial charge in [-0.2, -0.15) is 0 Å². The topological polar surface area (TPSA) is 67.4 Å². The Balaban J connectivity index is 1.39. The standard InChI is InChI=1S/C26H26N2O3/c1-18-11-13-19(14-12-18)25(20-15-16-20)28-24(29)17-31-23-10-6-5-9-22(23)26(30)27-21-7-3-2-4-8-21/h2-14,20,25H,15-17H2,1H3,(H,27,30)(H,28,29). The summed E-state index contributed by atoms with van der Waals surface area (Å²) in [6.07, 6.45) is 2.23. The lowest BCUT2D eigenvalue weighted by Gasteiger charge is -2.19. The van der Waals surface area contributed by atoms with Gasteiger partial charge in [-0.1, -0.05) is 60.2 Å². The van der Waals surface area contributed by atoms with E-state index in [9.17, 15) is 9.59 Å². The highest BCUT2D eigenvalue weighted by molar-refractivity contribution is 6.06. The van der Waals surface area contributed by atoms with E-state index < -0.39 is 0 Å². The maximum atomic E-state index is 12.7. The zero-order valence-electron chi connectivity index (χ0n) is 17.5. The molecule has 31 heavy (non-hydrogen) atoms. The molecular formula is C26H26N2O3. The minimum Gasteiger partial charge on any atom is -0.483 e. The van der Waals surface area contributed by atoms with Crippen molar-refractivity contribution in [2.24, 2.45) is 5.92 Å². The Kier molecular flexibility index (Phi) is 6.32. The summed E-state index contributed by atoms with van der Waals surface area (Å²) >= 11 is 0. The Hall–Kier alpha value is -3.60. The molecule has 5 heteroatoms. The van der Waals surface area contributed by atoms with E-state index in [0.29, 0.717) is 22.9 Å². The molecule has 1 unspecified atom stereocenters. The van der Waals surface area contributed by atoms with Crippen LogP contribution in [0.4, 0.5) is 5.69 Å². The van der Waals surface area contributed by atoms with Crippen LogP contribution in [-0.4, -0.2) is 18.4 Å². The fraction of sp³-hybridized carbons (Fsp3) is 0.231. The van der Waals surface area contributed by atoms with Gasteiger partial charge in [0, 0.05) is 5.69 Å². The summed E-state index contributed by atoms with van der Waals surface area (Å²) in [5, 5.41) is 5.96. The number of hydrogen-bond donors (Lipinski definition) is 2. The van der Waals surface area contributed by atoms with Crippen LogP contribution in [0, 0.1) is 12.8 Å². The minimum atomic E-state index is -0.280. The first-order chi connectivity index (χ1) is 15.1. The van der Waals surface area contributed by atoms with Gasteiger partial charge in [-0.25, -0.2) is 0 Å². The lowest BCUT2D eigenvalue weighted by molar-refractivity contribution is -0.124. The quantitative estimate of drug-likeness (QED) is 0.551. The zero-order chi connectivity index (χ0) is 21.6. The second-order valence-corrected chi connectivity index (χ2v) is 7.90. The van der Waals surface area contributed by atoms with Gasteiger partial charge in [0.2, 0.25) is 0 Å². The zero-order valence-corrected chi connectivity index (χ0v) is 17.5. The molecule has 0 aromatic heterocycles. The lowest BCUT2D eigenvalue weighted by atomic mass is 10.0. The second-order valence-electron chi connectivity index (χ2n) is 7.90. The first kappa shape index (κ1) is 20.7. The van der Waals surface area contributed by atoms with Gasteiger partial charge in [-0.05, 0) is 55.5 Å². The Labute approximate surface area is 182 Å². The number of aryl methyl sites for hydroxylation is 1. The Morgan fingerprint density at radius 1 is 0.935 bits per heavy atom. The maximum absolute atomic E-state index is 12.7. The van der Waals surface area contributed by atoms with Crippen LogP contribution < -0.4 is 15.4 Å². The summed E-state index contributed by atoms with van der Waals surface area (Å²) in [5.74, 6) is 0.369. The average molecular weight is 415 g/mol. The molecular weight excluding hydrogens is 388 g/mol. The highest BCUT2D eigenvalue weighted by atomic mass is 16.5.